The molecular formula is C33H52N4O9S. The lowest BCUT2D eigenvalue weighted by Crippen LogP contribution is -2.65. The second-order valence-electron chi connectivity index (χ2n) is 11.8. The topological polar surface area (TPSA) is 179 Å². The Balaban J connectivity index is 1.44. The predicted molar refractivity (Wildman–Crippen MR) is 181 cm³/mol. The molecule has 1 aliphatic rings. The third-order valence-corrected chi connectivity index (χ3v) is 8.30. The van der Waals surface area contributed by atoms with E-state index >= 15 is 0 Å². The Morgan fingerprint density at radius 2 is 1.47 bits per heavy atom. The first-order valence-electron chi connectivity index (χ1n) is 16.5. The van der Waals surface area contributed by atoms with Crippen LogP contribution in [0.3, 0.4) is 0 Å². The lowest BCUT2D eigenvalue weighted by molar-refractivity contribution is -0.242. The zero-order chi connectivity index (χ0) is 34.1. The molecule has 1 saturated heterocycles. The maximum absolute atomic E-state index is 11.7. The predicted octanol–water partition coefficient (Wildman–Crippen LogP) is 3.41. The van der Waals surface area contributed by atoms with Gasteiger partial charge in [0.2, 0.25) is 12.2 Å². The van der Waals surface area contributed by atoms with Gasteiger partial charge in [0.25, 0.3) is 0 Å². The molecule has 0 bridgehead atoms. The smallest absolute Gasteiger partial charge is 0.397 e. The number of carbonyl (C=O) groups is 1. The highest BCUT2D eigenvalue weighted by Crippen LogP contribution is 2.26. The van der Waals surface area contributed by atoms with Gasteiger partial charge in [0.05, 0.1) is 6.61 Å². The molecule has 3 rings (SSSR count). The van der Waals surface area contributed by atoms with Gasteiger partial charge in [-0.15, -0.1) is 0 Å². The van der Waals surface area contributed by atoms with Crippen LogP contribution < -0.4 is 20.7 Å². The summed E-state index contributed by atoms with van der Waals surface area (Å²) in [5.74, 6) is -0.138. The summed E-state index contributed by atoms with van der Waals surface area (Å²) in [6.07, 6.45) is 2.31. The van der Waals surface area contributed by atoms with Gasteiger partial charge in [-0.2, -0.15) is 8.42 Å². The highest BCUT2D eigenvalue weighted by Gasteiger charge is 2.46. The first-order chi connectivity index (χ1) is 22.6. The molecule has 5 atom stereocenters. The van der Waals surface area contributed by atoms with E-state index in [1.807, 2.05) is 30.3 Å². The average molecular weight is 681 g/mol. The summed E-state index contributed by atoms with van der Waals surface area (Å²) in [5, 5.41) is 30.4. The molecule has 14 heteroatoms. The first kappa shape index (κ1) is 38.5. The van der Waals surface area contributed by atoms with Gasteiger partial charge >= 0.3 is 10.4 Å². The van der Waals surface area contributed by atoms with Gasteiger partial charge in [-0.05, 0) is 81.7 Å². The fraction of sp³-hybridized carbons (Fsp3) is 0.606. The normalized spacial score (nSPS) is 21.4. The lowest BCUT2D eigenvalue weighted by Gasteiger charge is -2.42. The Kier molecular flexibility index (Phi) is 16.7. The standard InChI is InChI=1S/C33H52N4O9S/c1-3-4-10-21-37(22-11-6-9-19-34-26-13-7-5-8-14-26)23-12-20-35-27-15-17-28(18-16-27)45-33-30(36-25(2)38)32(40)31(39)29(46-33)24-44-47(41,42)43/h5,7-8,13-18,29-35,39-40H,3-4,6,9-12,19-24H2,1-2H3,(H,36,38)(H,41,42,43)/t29-,30-,31+,32-,33-/m1/s1. The minimum absolute atomic E-state index is 0.356. The van der Waals surface area contributed by atoms with Crippen LogP contribution in [0.25, 0.3) is 0 Å². The van der Waals surface area contributed by atoms with Crippen molar-refractivity contribution in [2.24, 2.45) is 0 Å². The molecule has 0 saturated carbocycles. The van der Waals surface area contributed by atoms with Gasteiger partial charge in [0.1, 0.15) is 30.1 Å². The molecule has 0 unspecified atom stereocenters. The van der Waals surface area contributed by atoms with E-state index in [4.69, 9.17) is 14.0 Å². The fourth-order valence-electron chi connectivity index (χ4n) is 5.38. The Bertz CT molecular complexity index is 1270. The lowest BCUT2D eigenvalue weighted by atomic mass is 9.97. The van der Waals surface area contributed by atoms with Crippen molar-refractivity contribution in [2.75, 3.05) is 50.0 Å². The van der Waals surface area contributed by atoms with Crippen LogP contribution >= 0.6 is 0 Å². The zero-order valence-corrected chi connectivity index (χ0v) is 28.2. The molecule has 47 heavy (non-hydrogen) atoms. The molecule has 2 aromatic carbocycles. The Morgan fingerprint density at radius 1 is 0.851 bits per heavy atom. The van der Waals surface area contributed by atoms with E-state index in [0.717, 1.165) is 56.9 Å². The average Bonchev–Trinajstić information content (AvgIpc) is 3.04. The van der Waals surface area contributed by atoms with Gasteiger partial charge in [0.15, 0.2) is 0 Å². The third-order valence-electron chi connectivity index (χ3n) is 7.87. The summed E-state index contributed by atoms with van der Waals surface area (Å²) in [6, 6.07) is 16.2. The van der Waals surface area contributed by atoms with E-state index in [1.165, 1.54) is 39.0 Å². The number of unbranched alkanes of at least 4 members (excludes halogenated alkanes) is 4. The van der Waals surface area contributed by atoms with Gasteiger partial charge in [-0.1, -0.05) is 44.4 Å². The molecule has 1 aliphatic heterocycles. The molecule has 2 aromatic rings. The SMILES string of the molecule is CCCCCN(CCCCCNc1ccccc1)CCCNc1ccc(O[C@@H]2O[C@H](COS(=O)(=O)O)[C@H](O)[C@H](O)[C@H]2NC(C)=O)cc1. The summed E-state index contributed by atoms with van der Waals surface area (Å²) in [7, 11) is -4.81. The fourth-order valence-corrected chi connectivity index (χ4v) is 5.68. The number of hydrogen-bond acceptors (Lipinski definition) is 11. The largest absolute Gasteiger partial charge is 0.463 e. The number of aliphatic hydroxyl groups excluding tert-OH is 2. The number of para-hydroxylation sites is 1. The van der Waals surface area contributed by atoms with Crippen LogP contribution in [0.1, 0.15) is 58.8 Å². The van der Waals surface area contributed by atoms with Crippen LogP contribution in [-0.4, -0.2) is 104 Å². The molecule has 6 N–H and O–H groups in total. The molecule has 0 aromatic heterocycles. The summed E-state index contributed by atoms with van der Waals surface area (Å²) < 4.78 is 46.7. The van der Waals surface area contributed by atoms with Gasteiger partial charge in [0, 0.05) is 31.4 Å². The number of aliphatic hydroxyl groups is 2. The molecule has 0 aliphatic carbocycles. The van der Waals surface area contributed by atoms with Crippen molar-refractivity contribution in [3.8, 4) is 5.75 Å². The second-order valence-corrected chi connectivity index (χ2v) is 12.9. The van der Waals surface area contributed by atoms with Crippen molar-refractivity contribution in [1.82, 2.24) is 10.2 Å². The quantitative estimate of drug-likeness (QED) is 0.0790. The minimum atomic E-state index is -4.81. The van der Waals surface area contributed by atoms with Crippen molar-refractivity contribution in [3.63, 3.8) is 0 Å². The molecule has 1 amide bonds. The minimum Gasteiger partial charge on any atom is -0.463 e. The second kappa shape index (κ2) is 20.4. The third kappa shape index (κ3) is 14.8. The van der Waals surface area contributed by atoms with E-state index in [1.54, 1.807) is 12.1 Å². The van der Waals surface area contributed by atoms with Crippen molar-refractivity contribution in [2.45, 2.75) is 89.4 Å². The monoisotopic (exact) mass is 680 g/mol. The molecule has 1 heterocycles. The Labute approximate surface area is 278 Å². The van der Waals surface area contributed by atoms with E-state index in [9.17, 15) is 23.4 Å². The molecular weight excluding hydrogens is 628 g/mol. The number of amides is 1. The summed E-state index contributed by atoms with van der Waals surface area (Å²) >= 11 is 0. The van der Waals surface area contributed by atoms with Crippen LogP contribution in [0.15, 0.2) is 54.6 Å². The van der Waals surface area contributed by atoms with Gasteiger partial charge in [-0.25, -0.2) is 4.18 Å². The Hall–Kier alpha value is -2.98. The van der Waals surface area contributed by atoms with Crippen LogP contribution in [0.5, 0.6) is 5.75 Å². The number of benzene rings is 2. The number of anilines is 2. The van der Waals surface area contributed by atoms with E-state index in [2.05, 4.69) is 44.1 Å². The number of nitrogens with one attached hydrogen (secondary N) is 3. The van der Waals surface area contributed by atoms with Crippen molar-refractivity contribution < 1.29 is 41.6 Å². The van der Waals surface area contributed by atoms with Crippen molar-refractivity contribution >= 4 is 27.7 Å². The van der Waals surface area contributed by atoms with Crippen LogP contribution in [-0.2, 0) is 24.1 Å². The number of nitrogens with zero attached hydrogens (tertiary/aromatic N) is 1. The van der Waals surface area contributed by atoms with Crippen LogP contribution in [0.4, 0.5) is 11.4 Å². The van der Waals surface area contributed by atoms with E-state index < -0.39 is 53.6 Å². The van der Waals surface area contributed by atoms with Gasteiger partial charge in [-0.3, -0.25) is 9.35 Å². The number of hydrogen-bond donors (Lipinski definition) is 6. The molecule has 0 spiro atoms. The number of ether oxygens (including phenoxy) is 2. The Morgan fingerprint density at radius 3 is 2.11 bits per heavy atom. The highest BCUT2D eigenvalue weighted by molar-refractivity contribution is 7.80. The molecule has 0 radical (unpaired) electrons. The highest BCUT2D eigenvalue weighted by atomic mass is 32.3. The van der Waals surface area contributed by atoms with E-state index in [-0.39, 0.29) is 0 Å². The molecule has 264 valence electrons. The van der Waals surface area contributed by atoms with Crippen LogP contribution in [0, 0.1) is 0 Å². The summed E-state index contributed by atoms with van der Waals surface area (Å²) in [6.45, 7) is 7.69. The molecule has 13 nitrogen and oxygen atoms in total. The first-order valence-corrected chi connectivity index (χ1v) is 17.8. The van der Waals surface area contributed by atoms with Crippen molar-refractivity contribution in [3.05, 3.63) is 54.6 Å². The zero-order valence-electron chi connectivity index (χ0n) is 27.4. The van der Waals surface area contributed by atoms with E-state index in [0.29, 0.717) is 5.75 Å². The number of carbonyl (C=O) groups excluding carboxylic acids is 1. The molecule has 1 fully saturated rings. The van der Waals surface area contributed by atoms with Crippen LogP contribution in [0.2, 0.25) is 0 Å². The number of rotatable bonds is 22. The summed E-state index contributed by atoms with van der Waals surface area (Å²) in [4.78, 5) is 14.3. The van der Waals surface area contributed by atoms with Crippen molar-refractivity contribution in [1.29, 1.82) is 0 Å². The maximum atomic E-state index is 11.7. The van der Waals surface area contributed by atoms with Gasteiger partial charge < -0.3 is 40.5 Å². The maximum Gasteiger partial charge on any atom is 0.397 e. The summed E-state index contributed by atoms with van der Waals surface area (Å²) in [5.41, 5.74) is 2.05.